The Hall–Kier alpha value is -1.72. The van der Waals surface area contributed by atoms with E-state index in [4.69, 9.17) is 11.6 Å². The van der Waals surface area contributed by atoms with Gasteiger partial charge in [-0.3, -0.25) is 4.98 Å². The van der Waals surface area contributed by atoms with Crippen LogP contribution in [0.1, 0.15) is 25.0 Å². The molecule has 1 aromatic carbocycles. The summed E-state index contributed by atoms with van der Waals surface area (Å²) >= 11 is 7.58. The number of hydrogen-bond acceptors (Lipinski definition) is 4. The third-order valence-electron chi connectivity index (χ3n) is 4.50. The van der Waals surface area contributed by atoms with Gasteiger partial charge in [-0.25, -0.2) is 9.37 Å². The van der Waals surface area contributed by atoms with E-state index in [0.29, 0.717) is 17.3 Å². The maximum atomic E-state index is 14.1. The highest BCUT2D eigenvalue weighted by atomic mass is 35.5. The quantitative estimate of drug-likeness (QED) is 0.720. The molecule has 4 rings (SSSR count). The van der Waals surface area contributed by atoms with E-state index in [1.54, 1.807) is 23.6 Å². The number of benzene rings is 1. The number of thiazole rings is 1. The van der Waals surface area contributed by atoms with Crippen molar-refractivity contribution < 1.29 is 4.39 Å². The first-order valence-corrected chi connectivity index (χ1v) is 8.77. The molecule has 1 fully saturated rings. The zero-order valence-corrected chi connectivity index (χ0v) is 13.9. The number of pyridine rings is 1. The molecule has 2 aromatic heterocycles. The molecule has 3 aromatic rings. The lowest BCUT2D eigenvalue weighted by Gasteiger charge is -2.41. The largest absolute Gasteiger partial charge is 0.361 e. The highest BCUT2D eigenvalue weighted by Gasteiger charge is 2.41. The molecule has 3 nitrogen and oxygen atoms in total. The Morgan fingerprint density at radius 2 is 2.17 bits per heavy atom. The summed E-state index contributed by atoms with van der Waals surface area (Å²) in [4.78, 5) is 8.86. The van der Waals surface area contributed by atoms with Gasteiger partial charge in [-0.1, -0.05) is 29.4 Å². The van der Waals surface area contributed by atoms with Crippen LogP contribution in [0.5, 0.6) is 0 Å². The lowest BCUT2D eigenvalue weighted by Crippen LogP contribution is -2.42. The van der Waals surface area contributed by atoms with Gasteiger partial charge in [0.05, 0.1) is 15.9 Å². The normalized spacial score (nSPS) is 16.3. The van der Waals surface area contributed by atoms with E-state index in [9.17, 15) is 4.39 Å². The van der Waals surface area contributed by atoms with Crippen molar-refractivity contribution in [2.75, 3.05) is 11.9 Å². The Kier molecular flexibility index (Phi) is 3.70. The van der Waals surface area contributed by atoms with Gasteiger partial charge in [-0.05, 0) is 43.2 Å². The second-order valence-corrected chi connectivity index (χ2v) is 7.42. The average molecular weight is 348 g/mol. The van der Waals surface area contributed by atoms with Crippen LogP contribution < -0.4 is 5.32 Å². The lowest BCUT2D eigenvalue weighted by atomic mass is 9.66. The maximum absolute atomic E-state index is 14.1. The van der Waals surface area contributed by atoms with Crippen LogP contribution >= 0.6 is 22.9 Å². The number of rotatable bonds is 4. The molecule has 1 aliphatic carbocycles. The van der Waals surface area contributed by atoms with Gasteiger partial charge in [-0.15, -0.1) is 0 Å². The predicted octanol–water partition coefficient (Wildman–Crippen LogP) is 5.02. The monoisotopic (exact) mass is 347 g/mol. The molecule has 1 aliphatic rings. The van der Waals surface area contributed by atoms with E-state index in [1.807, 2.05) is 18.2 Å². The Balaban J connectivity index is 1.57. The van der Waals surface area contributed by atoms with Gasteiger partial charge in [-0.2, -0.15) is 0 Å². The lowest BCUT2D eigenvalue weighted by molar-refractivity contribution is 0.243. The van der Waals surface area contributed by atoms with Gasteiger partial charge in [0.15, 0.2) is 5.13 Å². The molecule has 0 unspecified atom stereocenters. The van der Waals surface area contributed by atoms with E-state index in [0.717, 1.165) is 34.6 Å². The Morgan fingerprint density at radius 1 is 1.30 bits per heavy atom. The van der Waals surface area contributed by atoms with Crippen LogP contribution in [0.4, 0.5) is 9.52 Å². The zero-order chi connectivity index (χ0) is 15.9. The molecular formula is C17H15ClFN3S. The maximum Gasteiger partial charge on any atom is 0.183 e. The van der Waals surface area contributed by atoms with Gasteiger partial charge >= 0.3 is 0 Å². The molecule has 1 N–H and O–H groups in total. The summed E-state index contributed by atoms with van der Waals surface area (Å²) in [5.41, 5.74) is 1.28. The van der Waals surface area contributed by atoms with Crippen LogP contribution in [0, 0.1) is 5.82 Å². The first-order chi connectivity index (χ1) is 11.2. The third kappa shape index (κ3) is 2.68. The molecule has 0 amide bonds. The minimum atomic E-state index is -0.221. The van der Waals surface area contributed by atoms with Crippen LogP contribution in [-0.2, 0) is 5.41 Å². The summed E-state index contributed by atoms with van der Waals surface area (Å²) in [6.45, 7) is 0.647. The van der Waals surface area contributed by atoms with Gasteiger partial charge in [0.25, 0.3) is 0 Å². The second kappa shape index (κ2) is 5.73. The van der Waals surface area contributed by atoms with E-state index >= 15 is 0 Å². The number of hydrogen-bond donors (Lipinski definition) is 1. The van der Waals surface area contributed by atoms with Crippen LogP contribution in [0.25, 0.3) is 10.2 Å². The summed E-state index contributed by atoms with van der Waals surface area (Å²) in [5.74, 6) is -0.218. The number of fused-ring (bicyclic) bond motifs is 1. The molecule has 0 radical (unpaired) electrons. The number of halogens is 2. The predicted molar refractivity (Wildman–Crippen MR) is 92.8 cm³/mol. The van der Waals surface area contributed by atoms with Crippen LogP contribution in [0.3, 0.4) is 0 Å². The Morgan fingerprint density at radius 3 is 2.91 bits per heavy atom. The van der Waals surface area contributed by atoms with Crippen molar-refractivity contribution in [2.24, 2.45) is 0 Å². The number of nitrogens with one attached hydrogen (secondary N) is 1. The molecule has 2 heterocycles. The van der Waals surface area contributed by atoms with Crippen molar-refractivity contribution in [3.63, 3.8) is 0 Å². The second-order valence-electron chi connectivity index (χ2n) is 5.95. The topological polar surface area (TPSA) is 37.8 Å². The van der Waals surface area contributed by atoms with Crippen LogP contribution in [0.15, 0.2) is 36.5 Å². The molecule has 0 atom stereocenters. The van der Waals surface area contributed by atoms with E-state index in [1.165, 1.54) is 6.07 Å². The summed E-state index contributed by atoms with van der Waals surface area (Å²) in [7, 11) is 0. The standard InChI is InChI=1S/C17H15ClFN3S/c18-11-4-5-13-14(9-11)23-16(22-13)21-10-17(6-2-7-17)15-12(19)3-1-8-20-15/h1,3-5,8-9H,2,6-7,10H2,(H,21,22). The van der Waals surface area contributed by atoms with Gasteiger partial charge in [0.1, 0.15) is 5.82 Å². The van der Waals surface area contributed by atoms with E-state index in [-0.39, 0.29) is 11.2 Å². The molecule has 23 heavy (non-hydrogen) atoms. The molecule has 6 heteroatoms. The molecule has 1 saturated carbocycles. The molecule has 0 spiro atoms. The third-order valence-corrected chi connectivity index (χ3v) is 5.71. The summed E-state index contributed by atoms with van der Waals surface area (Å²) < 4.78 is 15.2. The minimum Gasteiger partial charge on any atom is -0.361 e. The first kappa shape index (κ1) is 14.8. The van der Waals surface area contributed by atoms with Crippen LogP contribution in [-0.4, -0.2) is 16.5 Å². The SMILES string of the molecule is Fc1cccnc1C1(CNc2nc3ccc(Cl)cc3s2)CCC1. The van der Waals surface area contributed by atoms with Crippen molar-refractivity contribution in [1.82, 2.24) is 9.97 Å². The Bertz CT molecular complexity index is 860. The van der Waals surface area contributed by atoms with Crippen molar-refractivity contribution in [3.05, 3.63) is 53.1 Å². The molecule has 0 bridgehead atoms. The highest BCUT2D eigenvalue weighted by Crippen LogP contribution is 2.44. The zero-order valence-electron chi connectivity index (χ0n) is 12.4. The molecule has 0 saturated heterocycles. The smallest absolute Gasteiger partial charge is 0.183 e. The highest BCUT2D eigenvalue weighted by molar-refractivity contribution is 7.22. The van der Waals surface area contributed by atoms with Crippen LogP contribution in [0.2, 0.25) is 5.02 Å². The summed E-state index contributed by atoms with van der Waals surface area (Å²) in [6.07, 6.45) is 4.67. The average Bonchev–Trinajstić information content (AvgIpc) is 2.89. The molecule has 118 valence electrons. The van der Waals surface area contributed by atoms with Gasteiger partial charge < -0.3 is 5.32 Å². The van der Waals surface area contributed by atoms with Crippen molar-refractivity contribution in [1.29, 1.82) is 0 Å². The van der Waals surface area contributed by atoms with Crippen molar-refractivity contribution >= 4 is 38.3 Å². The van der Waals surface area contributed by atoms with E-state index < -0.39 is 0 Å². The Labute approximate surface area is 142 Å². The summed E-state index contributed by atoms with van der Waals surface area (Å²) in [5, 5.41) is 4.92. The number of anilines is 1. The van der Waals surface area contributed by atoms with E-state index in [2.05, 4.69) is 15.3 Å². The van der Waals surface area contributed by atoms with Gasteiger partial charge in [0.2, 0.25) is 0 Å². The molecule has 0 aliphatic heterocycles. The summed E-state index contributed by atoms with van der Waals surface area (Å²) in [6, 6.07) is 8.79. The minimum absolute atomic E-state index is 0.218. The fourth-order valence-electron chi connectivity index (χ4n) is 3.10. The fourth-order valence-corrected chi connectivity index (χ4v) is 4.23. The van der Waals surface area contributed by atoms with Gasteiger partial charge in [0, 0.05) is 23.2 Å². The number of nitrogens with zero attached hydrogens (tertiary/aromatic N) is 2. The van der Waals surface area contributed by atoms with Crippen molar-refractivity contribution in [3.8, 4) is 0 Å². The molecular weight excluding hydrogens is 333 g/mol. The first-order valence-electron chi connectivity index (χ1n) is 7.57. The van der Waals surface area contributed by atoms with Crippen molar-refractivity contribution in [2.45, 2.75) is 24.7 Å². The number of aromatic nitrogens is 2. The fraction of sp³-hybridized carbons (Fsp3) is 0.294.